The minimum absolute atomic E-state index is 1.10. The molecule has 3 heteroatoms. The third kappa shape index (κ3) is 6.09. The van der Waals surface area contributed by atoms with Crippen LogP contribution in [-0.2, 0) is 0 Å². The van der Waals surface area contributed by atoms with Crippen LogP contribution in [0.5, 0.6) is 0 Å². The van der Waals surface area contributed by atoms with Gasteiger partial charge in [0, 0.05) is 53.7 Å². The van der Waals surface area contributed by atoms with Crippen molar-refractivity contribution in [2.45, 2.75) is 0 Å². The minimum atomic E-state index is 1.10. The Morgan fingerprint density at radius 2 is 0.803 bits per heavy atom. The van der Waals surface area contributed by atoms with Crippen molar-refractivity contribution >= 4 is 81.1 Å². The van der Waals surface area contributed by atoms with E-state index in [1.165, 1.54) is 86.1 Å². The monoisotopic (exact) mass is 794 g/mol. The number of anilines is 3. The highest BCUT2D eigenvalue weighted by Crippen LogP contribution is 2.41. The largest absolute Gasteiger partial charge is 0.311 e. The van der Waals surface area contributed by atoms with Gasteiger partial charge in [-0.15, -0.1) is 11.3 Å². The molecule has 0 saturated carbocycles. The number of thiophene rings is 1. The van der Waals surface area contributed by atoms with E-state index in [4.69, 9.17) is 0 Å². The predicted molar refractivity (Wildman–Crippen MR) is 262 cm³/mol. The molecule has 286 valence electrons. The number of para-hydroxylation sites is 2. The maximum absolute atomic E-state index is 2.39. The summed E-state index contributed by atoms with van der Waals surface area (Å²) in [6.07, 6.45) is 0. The van der Waals surface area contributed by atoms with Crippen LogP contribution in [-0.4, -0.2) is 4.57 Å². The molecular formula is C58H38N2S. The predicted octanol–water partition coefficient (Wildman–Crippen LogP) is 16.8. The topological polar surface area (TPSA) is 8.17 Å². The minimum Gasteiger partial charge on any atom is -0.311 e. The Labute approximate surface area is 358 Å². The van der Waals surface area contributed by atoms with Crippen molar-refractivity contribution in [2.75, 3.05) is 4.90 Å². The second-order valence-electron chi connectivity index (χ2n) is 15.7. The van der Waals surface area contributed by atoms with Gasteiger partial charge >= 0.3 is 0 Å². The fourth-order valence-electron chi connectivity index (χ4n) is 9.25. The number of hydrogen-bond acceptors (Lipinski definition) is 2. The van der Waals surface area contributed by atoms with Gasteiger partial charge in [0.05, 0.1) is 11.0 Å². The maximum Gasteiger partial charge on any atom is 0.0541 e. The van der Waals surface area contributed by atoms with Gasteiger partial charge in [0.2, 0.25) is 0 Å². The summed E-state index contributed by atoms with van der Waals surface area (Å²) in [4.78, 5) is 2.37. The van der Waals surface area contributed by atoms with Crippen molar-refractivity contribution in [3.05, 3.63) is 231 Å². The second kappa shape index (κ2) is 14.5. The van der Waals surface area contributed by atoms with Crippen molar-refractivity contribution < 1.29 is 0 Å². The first kappa shape index (κ1) is 35.2. The van der Waals surface area contributed by atoms with E-state index in [1.807, 2.05) is 11.3 Å². The quantitative estimate of drug-likeness (QED) is 0.156. The van der Waals surface area contributed by atoms with Gasteiger partial charge in [0.1, 0.15) is 0 Å². The number of aromatic nitrogens is 1. The highest BCUT2D eigenvalue weighted by Gasteiger charge is 2.16. The lowest BCUT2D eigenvalue weighted by Crippen LogP contribution is -2.09. The Bertz CT molecular complexity index is 3520. The third-order valence-electron chi connectivity index (χ3n) is 12.2. The van der Waals surface area contributed by atoms with Gasteiger partial charge in [0.15, 0.2) is 0 Å². The highest BCUT2D eigenvalue weighted by molar-refractivity contribution is 7.25. The van der Waals surface area contributed by atoms with E-state index in [9.17, 15) is 0 Å². The van der Waals surface area contributed by atoms with E-state index in [1.54, 1.807) is 0 Å². The zero-order valence-corrected chi connectivity index (χ0v) is 34.1. The molecule has 0 aliphatic carbocycles. The Kier molecular flexibility index (Phi) is 8.39. The second-order valence-corrected chi connectivity index (χ2v) is 16.8. The van der Waals surface area contributed by atoms with Crippen molar-refractivity contribution in [3.8, 4) is 39.1 Å². The molecule has 2 nitrogen and oxygen atoms in total. The van der Waals surface area contributed by atoms with Crippen LogP contribution in [0.15, 0.2) is 231 Å². The number of nitrogens with zero attached hydrogens (tertiary/aromatic N) is 2. The molecular weight excluding hydrogens is 757 g/mol. The van der Waals surface area contributed by atoms with Crippen molar-refractivity contribution in [1.82, 2.24) is 4.57 Å². The van der Waals surface area contributed by atoms with Crippen molar-refractivity contribution in [2.24, 2.45) is 0 Å². The first-order chi connectivity index (χ1) is 30.2. The third-order valence-corrected chi connectivity index (χ3v) is 13.4. The molecule has 0 atom stereocenters. The van der Waals surface area contributed by atoms with Crippen LogP contribution < -0.4 is 4.90 Å². The summed E-state index contributed by atoms with van der Waals surface area (Å²) in [6, 6.07) is 84.1. The summed E-state index contributed by atoms with van der Waals surface area (Å²) in [5.74, 6) is 0. The Morgan fingerprint density at radius 1 is 0.311 bits per heavy atom. The van der Waals surface area contributed by atoms with E-state index in [-0.39, 0.29) is 0 Å². The van der Waals surface area contributed by atoms with Crippen molar-refractivity contribution in [3.63, 3.8) is 0 Å². The van der Waals surface area contributed by atoms with Crippen LogP contribution in [0.1, 0.15) is 0 Å². The fraction of sp³-hybridized carbons (Fsp3) is 0. The number of benzene rings is 10. The van der Waals surface area contributed by atoms with Gasteiger partial charge < -0.3 is 9.47 Å². The molecule has 12 rings (SSSR count). The van der Waals surface area contributed by atoms with E-state index < -0.39 is 0 Å². The van der Waals surface area contributed by atoms with Crippen molar-refractivity contribution in [1.29, 1.82) is 0 Å². The molecule has 0 spiro atoms. The van der Waals surface area contributed by atoms with E-state index >= 15 is 0 Å². The molecule has 12 aromatic rings. The standard InChI is InChI=1S/C58H38N2S/c1-2-15-49-41(11-1)12-10-19-50(49)42-27-34-47(35-28-42)59(46-32-25-40(26-33-46)44-29-36-58-54(38-44)53-18-5-8-22-57(53)61-58)45-30-23-39(24-31-45)43-13-9-14-48(37-43)60-55-20-6-3-16-51(55)52-17-4-7-21-56(52)60/h1-38H. The highest BCUT2D eigenvalue weighted by atomic mass is 32.1. The van der Waals surface area contributed by atoms with Crippen LogP contribution in [0.3, 0.4) is 0 Å². The summed E-state index contributed by atoms with van der Waals surface area (Å²) < 4.78 is 5.03. The van der Waals surface area contributed by atoms with Gasteiger partial charge in [-0.2, -0.15) is 0 Å². The lowest BCUT2D eigenvalue weighted by molar-refractivity contribution is 1.18. The first-order valence-electron chi connectivity index (χ1n) is 20.8. The molecule has 0 radical (unpaired) electrons. The summed E-state index contributed by atoms with van der Waals surface area (Å²) in [7, 11) is 0. The summed E-state index contributed by atoms with van der Waals surface area (Å²) >= 11 is 1.86. The van der Waals surface area contributed by atoms with Crippen LogP contribution in [0, 0.1) is 0 Å². The van der Waals surface area contributed by atoms with Crippen LogP contribution in [0.2, 0.25) is 0 Å². The fourth-order valence-corrected chi connectivity index (χ4v) is 10.3. The Morgan fingerprint density at radius 3 is 1.48 bits per heavy atom. The number of rotatable bonds is 7. The number of fused-ring (bicyclic) bond motifs is 7. The summed E-state index contributed by atoms with van der Waals surface area (Å²) in [5, 5.41) is 7.68. The van der Waals surface area contributed by atoms with Gasteiger partial charge in [-0.3, -0.25) is 0 Å². The molecule has 0 aliphatic rings. The molecule has 0 amide bonds. The molecule has 61 heavy (non-hydrogen) atoms. The van der Waals surface area contributed by atoms with Gasteiger partial charge in [-0.1, -0.05) is 152 Å². The smallest absolute Gasteiger partial charge is 0.0541 e. The molecule has 0 bridgehead atoms. The molecule has 0 fully saturated rings. The summed E-state index contributed by atoms with van der Waals surface area (Å²) in [6.45, 7) is 0. The Hall–Kier alpha value is -7.72. The molecule has 10 aromatic carbocycles. The maximum atomic E-state index is 2.39. The van der Waals surface area contributed by atoms with Crippen LogP contribution >= 0.6 is 11.3 Å². The lowest BCUT2D eigenvalue weighted by Gasteiger charge is -2.26. The van der Waals surface area contributed by atoms with E-state index in [2.05, 4.69) is 240 Å². The number of hydrogen-bond donors (Lipinski definition) is 0. The molecule has 0 N–H and O–H groups in total. The molecule has 0 saturated heterocycles. The molecule has 0 aliphatic heterocycles. The van der Waals surface area contributed by atoms with Gasteiger partial charge in [-0.05, 0) is 123 Å². The summed E-state index contributed by atoms with van der Waals surface area (Å²) in [5.41, 5.74) is 14.1. The molecule has 2 heterocycles. The van der Waals surface area contributed by atoms with E-state index in [0.717, 1.165) is 22.7 Å². The zero-order chi connectivity index (χ0) is 40.3. The average molecular weight is 795 g/mol. The zero-order valence-electron chi connectivity index (χ0n) is 33.2. The average Bonchev–Trinajstić information content (AvgIpc) is 3.88. The normalized spacial score (nSPS) is 11.6. The van der Waals surface area contributed by atoms with Crippen LogP contribution in [0.4, 0.5) is 17.1 Å². The Balaban J connectivity index is 0.924. The lowest BCUT2D eigenvalue weighted by atomic mass is 9.98. The molecule has 0 unspecified atom stereocenters. The molecule has 2 aromatic heterocycles. The first-order valence-corrected chi connectivity index (χ1v) is 21.6. The van der Waals surface area contributed by atoms with Crippen LogP contribution in [0.25, 0.3) is 91.8 Å². The SMILES string of the molecule is c1cc(-c2ccc(N(c3ccc(-c4ccc5sc6ccccc6c5c4)cc3)c3ccc(-c4cccc5ccccc45)cc3)cc2)cc(-n2c3ccccc3c3ccccc32)c1. The van der Waals surface area contributed by atoms with Gasteiger partial charge in [-0.25, -0.2) is 0 Å². The van der Waals surface area contributed by atoms with Gasteiger partial charge in [0.25, 0.3) is 0 Å². The van der Waals surface area contributed by atoms with E-state index in [0.29, 0.717) is 0 Å².